The molecule has 0 aliphatic heterocycles. The summed E-state index contributed by atoms with van der Waals surface area (Å²) in [5, 5.41) is 10.1. The number of esters is 1. The molecule has 1 aromatic carbocycles. The lowest BCUT2D eigenvalue weighted by molar-refractivity contribution is -0.0388. The van der Waals surface area contributed by atoms with Crippen molar-refractivity contribution < 1.29 is 14.6 Å². The van der Waals surface area contributed by atoms with Gasteiger partial charge in [-0.05, 0) is 43.9 Å². The number of carbonyl (C=O) groups excluding carboxylic acids is 1. The Hall–Kier alpha value is -1.35. The van der Waals surface area contributed by atoms with Crippen LogP contribution >= 0.6 is 0 Å². The van der Waals surface area contributed by atoms with Gasteiger partial charge in [0.2, 0.25) is 0 Å². The molecule has 0 amide bonds. The standard InChI is InChI=1S/C13H16O3/c1-2-16-12(14)10-4-6-11(7-5-10)13(15)8-3-9-13/h4-7,15H,2-3,8-9H2,1H3. The van der Waals surface area contributed by atoms with Gasteiger partial charge in [0.15, 0.2) is 0 Å². The molecule has 1 saturated carbocycles. The van der Waals surface area contributed by atoms with Crippen LogP contribution in [0.4, 0.5) is 0 Å². The maximum atomic E-state index is 11.4. The summed E-state index contributed by atoms with van der Waals surface area (Å²) in [7, 11) is 0. The van der Waals surface area contributed by atoms with Crippen molar-refractivity contribution in [2.75, 3.05) is 6.61 Å². The molecular weight excluding hydrogens is 204 g/mol. The molecule has 1 aliphatic rings. The lowest BCUT2D eigenvalue weighted by Gasteiger charge is -2.37. The van der Waals surface area contributed by atoms with Crippen LogP contribution in [0.1, 0.15) is 42.1 Å². The molecule has 0 unspecified atom stereocenters. The Morgan fingerprint density at radius 1 is 1.38 bits per heavy atom. The van der Waals surface area contributed by atoms with E-state index in [4.69, 9.17) is 4.74 Å². The first-order valence-corrected chi connectivity index (χ1v) is 5.66. The van der Waals surface area contributed by atoms with Crippen molar-refractivity contribution in [3.63, 3.8) is 0 Å². The average Bonchev–Trinajstić information content (AvgIpc) is 2.26. The van der Waals surface area contributed by atoms with Gasteiger partial charge in [-0.3, -0.25) is 0 Å². The average molecular weight is 220 g/mol. The smallest absolute Gasteiger partial charge is 0.338 e. The summed E-state index contributed by atoms with van der Waals surface area (Å²) < 4.78 is 4.89. The molecule has 0 atom stereocenters. The maximum Gasteiger partial charge on any atom is 0.338 e. The van der Waals surface area contributed by atoms with Gasteiger partial charge in [0, 0.05) is 0 Å². The van der Waals surface area contributed by atoms with E-state index in [2.05, 4.69) is 0 Å². The molecule has 1 aliphatic carbocycles. The fraction of sp³-hybridized carbons (Fsp3) is 0.462. The Bertz CT molecular complexity index is 377. The van der Waals surface area contributed by atoms with Crippen LogP contribution in [-0.2, 0) is 10.3 Å². The molecular formula is C13H16O3. The van der Waals surface area contributed by atoms with Gasteiger partial charge < -0.3 is 9.84 Å². The third-order valence-corrected chi connectivity index (χ3v) is 3.11. The van der Waals surface area contributed by atoms with E-state index in [0.717, 1.165) is 24.8 Å². The summed E-state index contributed by atoms with van der Waals surface area (Å²) in [6.45, 7) is 2.16. The highest BCUT2D eigenvalue weighted by atomic mass is 16.5. The zero-order valence-electron chi connectivity index (χ0n) is 9.40. The van der Waals surface area contributed by atoms with Crippen molar-refractivity contribution in [3.05, 3.63) is 35.4 Å². The number of benzene rings is 1. The predicted molar refractivity (Wildman–Crippen MR) is 60.1 cm³/mol. The molecule has 0 radical (unpaired) electrons. The van der Waals surface area contributed by atoms with E-state index in [1.165, 1.54) is 0 Å². The van der Waals surface area contributed by atoms with Crippen molar-refractivity contribution in [1.82, 2.24) is 0 Å². The summed E-state index contributed by atoms with van der Waals surface area (Å²) in [5.41, 5.74) is 0.771. The number of aliphatic hydroxyl groups is 1. The largest absolute Gasteiger partial charge is 0.462 e. The molecule has 0 bridgehead atoms. The van der Waals surface area contributed by atoms with Crippen molar-refractivity contribution in [2.24, 2.45) is 0 Å². The minimum Gasteiger partial charge on any atom is -0.462 e. The van der Waals surface area contributed by atoms with Gasteiger partial charge in [0.25, 0.3) is 0 Å². The Kier molecular flexibility index (Phi) is 2.97. The van der Waals surface area contributed by atoms with E-state index in [1.807, 2.05) is 12.1 Å². The summed E-state index contributed by atoms with van der Waals surface area (Å²) in [4.78, 5) is 11.4. The van der Waals surface area contributed by atoms with E-state index >= 15 is 0 Å². The van der Waals surface area contributed by atoms with Gasteiger partial charge in [-0.15, -0.1) is 0 Å². The molecule has 2 rings (SSSR count). The van der Waals surface area contributed by atoms with Gasteiger partial charge in [-0.25, -0.2) is 4.79 Å². The lowest BCUT2D eigenvalue weighted by atomic mass is 9.75. The highest BCUT2D eigenvalue weighted by Gasteiger charge is 2.35. The topological polar surface area (TPSA) is 46.5 Å². The van der Waals surface area contributed by atoms with E-state index in [-0.39, 0.29) is 5.97 Å². The van der Waals surface area contributed by atoms with Crippen LogP contribution in [0.3, 0.4) is 0 Å². The molecule has 1 aromatic rings. The van der Waals surface area contributed by atoms with Crippen molar-refractivity contribution in [3.8, 4) is 0 Å². The summed E-state index contributed by atoms with van der Waals surface area (Å²) in [5.74, 6) is -0.311. The molecule has 1 N–H and O–H groups in total. The fourth-order valence-corrected chi connectivity index (χ4v) is 1.93. The molecule has 3 nitrogen and oxygen atoms in total. The zero-order valence-corrected chi connectivity index (χ0v) is 9.40. The second kappa shape index (κ2) is 4.26. The van der Waals surface area contributed by atoms with Crippen LogP contribution in [-0.4, -0.2) is 17.7 Å². The Balaban J connectivity index is 2.13. The van der Waals surface area contributed by atoms with Crippen LogP contribution in [0.15, 0.2) is 24.3 Å². The molecule has 1 fully saturated rings. The number of hydrogen-bond acceptors (Lipinski definition) is 3. The van der Waals surface area contributed by atoms with E-state index < -0.39 is 5.60 Å². The normalized spacial score (nSPS) is 17.6. The van der Waals surface area contributed by atoms with Gasteiger partial charge in [-0.2, -0.15) is 0 Å². The number of rotatable bonds is 3. The van der Waals surface area contributed by atoms with Crippen LogP contribution in [0, 0.1) is 0 Å². The summed E-state index contributed by atoms with van der Waals surface area (Å²) in [6, 6.07) is 7.05. The fourth-order valence-electron chi connectivity index (χ4n) is 1.93. The van der Waals surface area contributed by atoms with Crippen LogP contribution in [0.25, 0.3) is 0 Å². The highest BCUT2D eigenvalue weighted by molar-refractivity contribution is 5.89. The second-order valence-electron chi connectivity index (χ2n) is 4.18. The van der Waals surface area contributed by atoms with E-state index in [0.29, 0.717) is 12.2 Å². The molecule has 0 heterocycles. The van der Waals surface area contributed by atoms with Gasteiger partial charge >= 0.3 is 5.97 Å². The minimum atomic E-state index is -0.660. The molecule has 0 saturated heterocycles. The van der Waals surface area contributed by atoms with Gasteiger partial charge in [-0.1, -0.05) is 12.1 Å². The second-order valence-corrected chi connectivity index (χ2v) is 4.18. The Morgan fingerprint density at radius 3 is 2.44 bits per heavy atom. The Morgan fingerprint density at radius 2 is 2.00 bits per heavy atom. The zero-order chi connectivity index (χ0) is 11.6. The first-order valence-electron chi connectivity index (χ1n) is 5.66. The summed E-state index contributed by atoms with van der Waals surface area (Å²) >= 11 is 0. The first-order chi connectivity index (χ1) is 7.65. The molecule has 86 valence electrons. The molecule has 3 heteroatoms. The predicted octanol–water partition coefficient (Wildman–Crippen LogP) is 2.23. The van der Waals surface area contributed by atoms with Crippen molar-refractivity contribution >= 4 is 5.97 Å². The molecule has 0 aromatic heterocycles. The first kappa shape index (κ1) is 11.1. The number of ether oxygens (including phenoxy) is 1. The molecule has 0 spiro atoms. The highest BCUT2D eigenvalue weighted by Crippen LogP contribution is 2.40. The van der Waals surface area contributed by atoms with Crippen LogP contribution < -0.4 is 0 Å². The SMILES string of the molecule is CCOC(=O)c1ccc(C2(O)CCC2)cc1. The maximum absolute atomic E-state index is 11.4. The van der Waals surface area contributed by atoms with Crippen LogP contribution in [0.2, 0.25) is 0 Å². The Labute approximate surface area is 95.0 Å². The quantitative estimate of drug-likeness (QED) is 0.794. The number of hydrogen-bond donors (Lipinski definition) is 1. The summed E-state index contributed by atoms with van der Waals surface area (Å²) in [6.07, 6.45) is 2.69. The van der Waals surface area contributed by atoms with Crippen LogP contribution in [0.5, 0.6) is 0 Å². The van der Waals surface area contributed by atoms with Crippen molar-refractivity contribution in [1.29, 1.82) is 0 Å². The third kappa shape index (κ3) is 1.95. The minimum absolute atomic E-state index is 0.311. The molecule has 16 heavy (non-hydrogen) atoms. The van der Waals surface area contributed by atoms with E-state index in [1.54, 1.807) is 19.1 Å². The van der Waals surface area contributed by atoms with Gasteiger partial charge in [0.1, 0.15) is 0 Å². The third-order valence-electron chi connectivity index (χ3n) is 3.11. The lowest BCUT2D eigenvalue weighted by Crippen LogP contribution is -2.33. The van der Waals surface area contributed by atoms with Crippen molar-refractivity contribution in [2.45, 2.75) is 31.8 Å². The van der Waals surface area contributed by atoms with E-state index in [9.17, 15) is 9.90 Å². The van der Waals surface area contributed by atoms with Gasteiger partial charge in [0.05, 0.1) is 17.8 Å². The number of carbonyl (C=O) groups is 1. The monoisotopic (exact) mass is 220 g/mol.